The number of Topliss-reactive ketones (excluding diaryl/α,β-unsaturated/α-hetero) is 1. The van der Waals surface area contributed by atoms with Gasteiger partial charge in [0, 0.05) is 75.7 Å². The van der Waals surface area contributed by atoms with Crippen molar-refractivity contribution in [1.82, 2.24) is 29.4 Å². The van der Waals surface area contributed by atoms with Crippen molar-refractivity contribution >= 4 is 52.4 Å². The van der Waals surface area contributed by atoms with Gasteiger partial charge >= 0.3 is 11.9 Å². The van der Waals surface area contributed by atoms with Crippen LogP contribution in [0.1, 0.15) is 100.0 Å². The third kappa shape index (κ3) is 12.6. The van der Waals surface area contributed by atoms with Crippen LogP contribution in [0.4, 0.5) is 11.8 Å². The van der Waals surface area contributed by atoms with E-state index in [0.29, 0.717) is 42.4 Å². The summed E-state index contributed by atoms with van der Waals surface area (Å²) >= 11 is 1.36. The highest BCUT2D eigenvalue weighted by molar-refractivity contribution is 8.00. The third-order valence-corrected chi connectivity index (χ3v) is 17.7. The lowest BCUT2D eigenvalue weighted by atomic mass is 9.70. The normalized spacial score (nSPS) is 38.2. The first-order valence-electron chi connectivity index (χ1n) is 26.4. The van der Waals surface area contributed by atoms with Crippen molar-refractivity contribution in [3.05, 3.63) is 36.4 Å². The molecule has 4 fully saturated rings. The highest BCUT2D eigenvalue weighted by atomic mass is 32.2. The lowest BCUT2D eigenvalue weighted by Crippen LogP contribution is -2.58. The number of pyridine rings is 1. The summed E-state index contributed by atoms with van der Waals surface area (Å²) in [6, 6.07) is 3.58. The van der Waals surface area contributed by atoms with Crippen LogP contribution < -0.4 is 11.1 Å². The molecule has 0 saturated carbocycles. The number of carbonyl (C=O) groups is 3. The van der Waals surface area contributed by atoms with Crippen molar-refractivity contribution in [2.45, 2.75) is 185 Å². The van der Waals surface area contributed by atoms with Gasteiger partial charge < -0.3 is 68.6 Å². The number of rotatable bonds is 16. The number of nitrogen functional groups attached to an aromatic ring is 1. The number of thioether (sulfide) groups is 1. The number of anilines is 2. The zero-order chi connectivity index (χ0) is 54.7. The van der Waals surface area contributed by atoms with E-state index in [-0.39, 0.29) is 56.0 Å². The van der Waals surface area contributed by atoms with E-state index < -0.39 is 107 Å². The maximum absolute atomic E-state index is 15.3. The molecule has 0 spiro atoms. The van der Waals surface area contributed by atoms with Crippen LogP contribution in [0.15, 0.2) is 30.9 Å². The molecule has 5 N–H and O–H groups in total. The number of fused-ring (bicyclic) bond motifs is 2. The second-order valence-corrected chi connectivity index (χ2v) is 23.3. The Bertz CT molecular complexity index is 2420. The summed E-state index contributed by atoms with van der Waals surface area (Å²) in [6.07, 6.45) is -0.0483. The molecule has 0 bridgehead atoms. The monoisotopic (exact) mass is 1070 g/mol. The molecule has 75 heavy (non-hydrogen) atoms. The van der Waals surface area contributed by atoms with Crippen LogP contribution in [-0.2, 0) is 65.4 Å². The largest absolute Gasteiger partial charge is 0.458 e. The Morgan fingerprint density at radius 3 is 2.39 bits per heavy atom. The summed E-state index contributed by atoms with van der Waals surface area (Å²) in [4.78, 5) is 64.5. The summed E-state index contributed by atoms with van der Waals surface area (Å²) in [6.45, 7) is 17.2. The number of ether oxygens (including phenoxy) is 8. The van der Waals surface area contributed by atoms with Gasteiger partial charge in [0.1, 0.15) is 34.9 Å². The number of nitrogens with zero attached hydrogens (tertiary/aromatic N) is 6. The first-order chi connectivity index (χ1) is 35.5. The molecule has 4 saturated heterocycles. The third-order valence-electron chi connectivity index (χ3n) is 16.4. The standard InChI is InChI=1S/C53H82N8O13S/c1-14-36-52(9)38(43(49(66)74-52)75-19-18-61-27-57-39-45(54)58-50(59-46(39)61)56-25-34-16-15-17-55-24-34)31(5)40(62)28(2)21-53(68-13,26-69-42-35(60(10)11)20-30(4)70-48(42)65)22-29(3)41(32(6)47(64)72-36)73-37-23-51(8,67-12)44(63)33(7)71-37/h15-17,24,27-33,35-38,41-44,48,63,65H,14,18-23,25-26H2,1-13H3,(H3,54,56,58,59)/t28-,29-,30-,31-,32-,33+,35+,36-,37+,38+,41+,42-,43+,44+,48-,51-,52-,53-/m1/s1. The van der Waals surface area contributed by atoms with Gasteiger partial charge in [0.15, 0.2) is 29.6 Å². The van der Waals surface area contributed by atoms with Crippen molar-refractivity contribution in [3.63, 3.8) is 0 Å². The number of hydrogen-bond donors (Lipinski definition) is 4. The number of likely N-dealkylation sites (N-methyl/N-ethyl adjacent to an activating group) is 1. The average molecular weight is 1070 g/mol. The molecule has 0 aliphatic carbocycles. The number of aliphatic hydroxyl groups excluding tert-OH is 2. The number of ketones is 1. The number of aromatic nitrogens is 5. The van der Waals surface area contributed by atoms with Crippen molar-refractivity contribution in [2.24, 2.45) is 29.6 Å². The predicted octanol–water partition coefficient (Wildman–Crippen LogP) is 4.79. The first kappa shape index (κ1) is 58.6. The quantitative estimate of drug-likeness (QED) is 0.141. The Balaban J connectivity index is 1.21. The number of nitrogens with one attached hydrogen (secondary N) is 1. The van der Waals surface area contributed by atoms with E-state index in [4.69, 9.17) is 48.6 Å². The molecule has 22 heteroatoms. The van der Waals surface area contributed by atoms with Gasteiger partial charge in [-0.3, -0.25) is 19.4 Å². The summed E-state index contributed by atoms with van der Waals surface area (Å²) in [7, 11) is 6.96. The average Bonchev–Trinajstić information content (AvgIpc) is 3.90. The van der Waals surface area contributed by atoms with Gasteiger partial charge in [-0.05, 0) is 91.9 Å². The fourth-order valence-electron chi connectivity index (χ4n) is 12.1. The Labute approximate surface area is 445 Å². The molecule has 18 atom stereocenters. The molecule has 0 radical (unpaired) electrons. The number of cyclic esters (lactones) is 1. The summed E-state index contributed by atoms with van der Waals surface area (Å²) in [5.74, 6) is -3.92. The van der Waals surface area contributed by atoms with E-state index in [1.54, 1.807) is 53.5 Å². The fourth-order valence-corrected chi connectivity index (χ4v) is 13.5. The lowest BCUT2D eigenvalue weighted by molar-refractivity contribution is -0.297. The molecule has 21 nitrogen and oxygen atoms in total. The van der Waals surface area contributed by atoms with E-state index >= 15 is 4.79 Å². The van der Waals surface area contributed by atoms with E-state index in [1.165, 1.54) is 18.9 Å². The van der Waals surface area contributed by atoms with E-state index in [9.17, 15) is 19.8 Å². The molecule has 3 aromatic heterocycles. The van der Waals surface area contributed by atoms with Crippen LogP contribution >= 0.6 is 11.8 Å². The molecule has 418 valence electrons. The molecule has 0 unspecified atom stereocenters. The second-order valence-electron chi connectivity index (χ2n) is 22.1. The lowest BCUT2D eigenvalue weighted by Gasteiger charge is -2.47. The molecular weight excluding hydrogens is 989 g/mol. The van der Waals surface area contributed by atoms with Crippen molar-refractivity contribution in [3.8, 4) is 0 Å². The van der Waals surface area contributed by atoms with E-state index in [0.717, 1.165) is 5.56 Å². The van der Waals surface area contributed by atoms with Gasteiger partial charge in [0.2, 0.25) is 5.95 Å². The number of esters is 2. The Morgan fingerprint density at radius 1 is 0.973 bits per heavy atom. The van der Waals surface area contributed by atoms with Gasteiger partial charge in [-0.25, -0.2) is 4.98 Å². The molecular formula is C53H82N8O13S. The van der Waals surface area contributed by atoms with Crippen molar-refractivity contribution in [2.75, 3.05) is 51.7 Å². The fraction of sp³-hybridized carbons (Fsp3) is 0.755. The SMILES string of the molecule is CC[C@H]1OC(=O)[C@H](C)[C@@H](O[C@H]2C[C@@](C)(OC)[C@@H](O)[C@H](C)O2)[C@H](C)C[C@](CO[C@H]2[C@H](O)O[C@H](C)C[C@@H]2N(C)C)(OC)C[C@@H](C)C(=O)[C@H](C)[C@H]2[C@H](SCCn3cnc4c(N)nc(NCc5cccnc5)nc43)C(=O)O[C@@]21C. The molecule has 0 aromatic carbocycles. The van der Waals surface area contributed by atoms with E-state index in [1.807, 2.05) is 70.3 Å². The molecule has 7 heterocycles. The van der Waals surface area contributed by atoms with Gasteiger partial charge in [0.25, 0.3) is 0 Å². The molecule has 7 rings (SSSR count). The number of hydrogen-bond acceptors (Lipinski definition) is 21. The summed E-state index contributed by atoms with van der Waals surface area (Å²) in [5, 5.41) is 24.8. The van der Waals surface area contributed by atoms with Crippen LogP contribution in [-0.4, -0.2) is 175 Å². The first-order valence-corrected chi connectivity index (χ1v) is 27.4. The molecule has 4 aliphatic heterocycles. The van der Waals surface area contributed by atoms with Gasteiger partial charge in [0.05, 0.1) is 48.4 Å². The van der Waals surface area contributed by atoms with Crippen LogP contribution in [0.3, 0.4) is 0 Å². The molecule has 3 aromatic rings. The molecule has 4 aliphatic rings. The topological polar surface area (TPSA) is 263 Å². The molecule has 0 amide bonds. The second kappa shape index (κ2) is 24.3. The summed E-state index contributed by atoms with van der Waals surface area (Å²) < 4.78 is 52.9. The van der Waals surface area contributed by atoms with E-state index in [2.05, 4.69) is 20.3 Å². The number of aryl methyl sites for hydroxylation is 1. The number of aliphatic hydroxyl groups is 2. The maximum Gasteiger partial charge on any atom is 0.320 e. The Hall–Kier alpha value is -4.10. The maximum atomic E-state index is 15.3. The number of nitrogens with two attached hydrogens (primary N) is 1. The van der Waals surface area contributed by atoms with Crippen molar-refractivity contribution in [1.29, 1.82) is 0 Å². The van der Waals surface area contributed by atoms with Crippen LogP contribution in [0.2, 0.25) is 0 Å². The summed E-state index contributed by atoms with van der Waals surface area (Å²) in [5.41, 5.74) is 4.59. The zero-order valence-electron chi connectivity index (χ0n) is 46.0. The van der Waals surface area contributed by atoms with Crippen LogP contribution in [0, 0.1) is 29.6 Å². The Morgan fingerprint density at radius 2 is 1.72 bits per heavy atom. The number of methoxy groups -OCH3 is 2. The number of imidazole rings is 1. The minimum Gasteiger partial charge on any atom is -0.458 e. The predicted molar refractivity (Wildman–Crippen MR) is 280 cm³/mol. The van der Waals surface area contributed by atoms with Crippen molar-refractivity contribution < 1.29 is 62.5 Å². The van der Waals surface area contributed by atoms with Gasteiger partial charge in [-0.15, -0.1) is 11.8 Å². The van der Waals surface area contributed by atoms with Gasteiger partial charge in [-0.1, -0.05) is 33.8 Å². The highest BCUT2D eigenvalue weighted by Gasteiger charge is 2.61. The van der Waals surface area contributed by atoms with Crippen LogP contribution in [0.25, 0.3) is 11.2 Å². The Kier molecular flexibility index (Phi) is 19.0. The minimum atomic E-state index is -1.44. The minimum absolute atomic E-state index is 0.0548. The van der Waals surface area contributed by atoms with Gasteiger partial charge in [-0.2, -0.15) is 9.97 Å². The smallest absolute Gasteiger partial charge is 0.320 e. The van der Waals surface area contributed by atoms with Crippen LogP contribution in [0.5, 0.6) is 0 Å². The zero-order valence-corrected chi connectivity index (χ0v) is 46.8. The number of carbonyl (C=O) groups excluding carboxylic acids is 3. The highest BCUT2D eigenvalue weighted by Crippen LogP contribution is 2.49.